The number of nitriles is 1. The van der Waals surface area contributed by atoms with Crippen LogP contribution in [0.15, 0.2) is 12.1 Å². The molecule has 0 saturated carbocycles. The maximum Gasteiger partial charge on any atom is 0.310 e. The normalized spacial score (nSPS) is 9.56. The summed E-state index contributed by atoms with van der Waals surface area (Å²) in [6.07, 6.45) is -0.0219. The number of hydrogen-bond acceptors (Lipinski definition) is 4. The summed E-state index contributed by atoms with van der Waals surface area (Å²) < 4.78 is 4.75. The molecule has 0 saturated heterocycles. The Morgan fingerprint density at radius 2 is 2.31 bits per heavy atom. The molecule has 84 valence electrons. The largest absolute Gasteiger partial charge is 0.505 e. The van der Waals surface area contributed by atoms with Gasteiger partial charge in [-0.2, -0.15) is 5.26 Å². The highest BCUT2D eigenvalue weighted by Crippen LogP contribution is 2.30. The number of nitrogens with zero attached hydrogens (tertiary/aromatic N) is 1. The van der Waals surface area contributed by atoms with Crippen molar-refractivity contribution in [2.24, 2.45) is 0 Å². The number of carbonyl (C=O) groups excluding carboxylic acids is 1. The topological polar surface area (TPSA) is 70.3 Å². The van der Waals surface area contributed by atoms with Crippen molar-refractivity contribution in [3.63, 3.8) is 0 Å². The molecule has 0 heterocycles. The average molecular weight is 240 g/mol. The quantitative estimate of drug-likeness (QED) is 0.820. The molecule has 0 fully saturated rings. The summed E-state index contributed by atoms with van der Waals surface area (Å²) in [6.45, 7) is 1.99. The third kappa shape index (κ3) is 2.65. The molecule has 1 aromatic carbocycles. The first kappa shape index (κ1) is 12.3. The van der Waals surface area contributed by atoms with Gasteiger partial charge in [-0.05, 0) is 18.6 Å². The monoisotopic (exact) mass is 239 g/mol. The molecular weight excluding hydrogens is 230 g/mol. The molecule has 0 spiro atoms. The number of rotatable bonds is 3. The Balaban J connectivity index is 2.96. The third-order valence-corrected chi connectivity index (χ3v) is 2.38. The molecule has 5 heteroatoms. The summed E-state index contributed by atoms with van der Waals surface area (Å²) in [5.41, 5.74) is 0.522. The Morgan fingerprint density at radius 3 is 2.88 bits per heavy atom. The summed E-state index contributed by atoms with van der Waals surface area (Å²) >= 11 is 5.81. The fraction of sp³-hybridized carbons (Fsp3) is 0.273. The van der Waals surface area contributed by atoms with Gasteiger partial charge in [0, 0.05) is 0 Å². The standard InChI is InChI=1S/C11H10ClNO3/c1-2-16-9(14)5-7-3-4-8(6-13)11(15)10(7)12/h3-4,15H,2,5H2,1H3. The lowest BCUT2D eigenvalue weighted by Gasteiger charge is -2.06. The van der Waals surface area contributed by atoms with Crippen LogP contribution in [0.4, 0.5) is 0 Å². The van der Waals surface area contributed by atoms with Crippen LogP contribution in [0.25, 0.3) is 0 Å². The molecule has 0 unspecified atom stereocenters. The smallest absolute Gasteiger partial charge is 0.310 e. The molecule has 0 aliphatic heterocycles. The number of ether oxygens (including phenoxy) is 1. The summed E-state index contributed by atoms with van der Waals surface area (Å²) in [4.78, 5) is 11.2. The van der Waals surface area contributed by atoms with Gasteiger partial charge in [0.05, 0.1) is 23.6 Å². The van der Waals surface area contributed by atoms with Gasteiger partial charge in [-0.25, -0.2) is 0 Å². The van der Waals surface area contributed by atoms with E-state index in [4.69, 9.17) is 21.6 Å². The number of esters is 1. The minimum absolute atomic E-state index is 0.0205. The van der Waals surface area contributed by atoms with Crippen molar-refractivity contribution >= 4 is 17.6 Å². The number of aromatic hydroxyl groups is 1. The Kier molecular flexibility index (Phi) is 4.15. The fourth-order valence-electron chi connectivity index (χ4n) is 1.20. The molecule has 0 aromatic heterocycles. The van der Waals surface area contributed by atoms with Crippen molar-refractivity contribution in [2.45, 2.75) is 13.3 Å². The fourth-order valence-corrected chi connectivity index (χ4v) is 1.43. The van der Waals surface area contributed by atoms with Gasteiger partial charge in [0.15, 0.2) is 5.75 Å². The molecule has 0 amide bonds. The Hall–Kier alpha value is -1.73. The molecule has 1 rings (SSSR count). The van der Waals surface area contributed by atoms with Crippen LogP contribution >= 0.6 is 11.6 Å². The van der Waals surface area contributed by atoms with Crippen LogP contribution in [0.5, 0.6) is 5.75 Å². The zero-order valence-corrected chi connectivity index (χ0v) is 9.41. The van der Waals surface area contributed by atoms with Crippen molar-refractivity contribution in [2.75, 3.05) is 6.61 Å². The van der Waals surface area contributed by atoms with Crippen molar-refractivity contribution in [1.29, 1.82) is 5.26 Å². The summed E-state index contributed by atoms with van der Waals surface area (Å²) in [7, 11) is 0. The number of halogens is 1. The number of hydrogen-bond donors (Lipinski definition) is 1. The van der Waals surface area contributed by atoms with Crippen LogP contribution in [-0.2, 0) is 16.0 Å². The van der Waals surface area contributed by atoms with E-state index in [1.165, 1.54) is 12.1 Å². The van der Waals surface area contributed by atoms with E-state index in [1.807, 2.05) is 0 Å². The molecular formula is C11H10ClNO3. The summed E-state index contributed by atoms with van der Waals surface area (Å²) in [5, 5.41) is 18.2. The van der Waals surface area contributed by atoms with Crippen LogP contribution in [0, 0.1) is 11.3 Å². The predicted molar refractivity (Wildman–Crippen MR) is 58.2 cm³/mol. The first-order valence-corrected chi connectivity index (χ1v) is 5.04. The summed E-state index contributed by atoms with van der Waals surface area (Å²) in [5.74, 6) is -0.723. The predicted octanol–water partition coefficient (Wildman–Crippen LogP) is 2.02. The molecule has 16 heavy (non-hydrogen) atoms. The molecule has 4 nitrogen and oxygen atoms in total. The van der Waals surface area contributed by atoms with Crippen molar-refractivity contribution in [3.05, 3.63) is 28.3 Å². The highest BCUT2D eigenvalue weighted by Gasteiger charge is 2.13. The maximum absolute atomic E-state index is 11.2. The van der Waals surface area contributed by atoms with Gasteiger partial charge in [0.1, 0.15) is 6.07 Å². The molecule has 0 radical (unpaired) electrons. The van der Waals surface area contributed by atoms with Gasteiger partial charge >= 0.3 is 5.97 Å². The highest BCUT2D eigenvalue weighted by molar-refractivity contribution is 6.33. The zero-order valence-electron chi connectivity index (χ0n) is 8.66. The molecule has 0 aliphatic rings. The van der Waals surface area contributed by atoms with Crippen LogP contribution in [0.2, 0.25) is 5.02 Å². The first-order valence-electron chi connectivity index (χ1n) is 4.66. The van der Waals surface area contributed by atoms with E-state index < -0.39 is 5.97 Å². The highest BCUT2D eigenvalue weighted by atomic mass is 35.5. The number of phenols is 1. The van der Waals surface area contributed by atoms with E-state index in [2.05, 4.69) is 0 Å². The molecule has 0 bridgehead atoms. The summed E-state index contributed by atoms with van der Waals surface area (Å²) in [6, 6.07) is 4.73. The Morgan fingerprint density at radius 1 is 1.62 bits per heavy atom. The molecule has 1 aromatic rings. The van der Waals surface area contributed by atoms with Gasteiger partial charge in [0.2, 0.25) is 0 Å². The Bertz CT molecular complexity index is 451. The van der Waals surface area contributed by atoms with Gasteiger partial charge in [0.25, 0.3) is 0 Å². The van der Waals surface area contributed by atoms with Crippen LogP contribution in [-0.4, -0.2) is 17.7 Å². The van der Waals surface area contributed by atoms with Crippen LogP contribution in [0.3, 0.4) is 0 Å². The first-order chi connectivity index (χ1) is 7.60. The van der Waals surface area contributed by atoms with Crippen molar-refractivity contribution < 1.29 is 14.6 Å². The van der Waals surface area contributed by atoms with E-state index in [0.29, 0.717) is 12.2 Å². The SMILES string of the molecule is CCOC(=O)Cc1ccc(C#N)c(O)c1Cl. The zero-order chi connectivity index (χ0) is 12.1. The second kappa shape index (κ2) is 5.38. The molecule has 1 N–H and O–H groups in total. The lowest BCUT2D eigenvalue weighted by atomic mass is 10.1. The van der Waals surface area contributed by atoms with E-state index >= 15 is 0 Å². The van der Waals surface area contributed by atoms with Crippen LogP contribution in [0.1, 0.15) is 18.1 Å². The number of benzene rings is 1. The van der Waals surface area contributed by atoms with Crippen molar-refractivity contribution in [1.82, 2.24) is 0 Å². The average Bonchev–Trinajstić information content (AvgIpc) is 2.25. The van der Waals surface area contributed by atoms with Gasteiger partial charge in [-0.1, -0.05) is 17.7 Å². The maximum atomic E-state index is 11.2. The second-order valence-electron chi connectivity index (χ2n) is 3.03. The lowest BCUT2D eigenvalue weighted by molar-refractivity contribution is -0.142. The van der Waals surface area contributed by atoms with E-state index in [-0.39, 0.29) is 22.8 Å². The number of carbonyl (C=O) groups is 1. The van der Waals surface area contributed by atoms with Gasteiger partial charge in [-0.3, -0.25) is 4.79 Å². The molecule has 0 atom stereocenters. The Labute approximate surface area is 98.0 Å². The van der Waals surface area contributed by atoms with E-state index in [0.717, 1.165) is 0 Å². The number of phenolic OH excluding ortho intramolecular Hbond substituents is 1. The minimum atomic E-state index is -0.423. The van der Waals surface area contributed by atoms with Gasteiger partial charge < -0.3 is 9.84 Å². The van der Waals surface area contributed by atoms with Crippen LogP contribution < -0.4 is 0 Å². The lowest BCUT2D eigenvalue weighted by Crippen LogP contribution is -2.07. The van der Waals surface area contributed by atoms with E-state index in [9.17, 15) is 9.90 Å². The molecule has 0 aliphatic carbocycles. The van der Waals surface area contributed by atoms with E-state index in [1.54, 1.807) is 13.0 Å². The van der Waals surface area contributed by atoms with Crippen molar-refractivity contribution in [3.8, 4) is 11.8 Å². The van der Waals surface area contributed by atoms with Gasteiger partial charge in [-0.15, -0.1) is 0 Å². The second-order valence-corrected chi connectivity index (χ2v) is 3.41. The minimum Gasteiger partial charge on any atom is -0.505 e. The third-order valence-electron chi connectivity index (χ3n) is 1.96.